The van der Waals surface area contributed by atoms with E-state index in [0.717, 1.165) is 0 Å². The molecule has 0 atom stereocenters. The third kappa shape index (κ3) is 3.03. The zero-order valence-corrected chi connectivity index (χ0v) is 11.7. The van der Waals surface area contributed by atoms with Crippen LogP contribution in [-0.4, -0.2) is 10.9 Å². The molecule has 4 N–H and O–H groups in total. The number of H-pyrrole nitrogens is 1. The Balaban J connectivity index is 2.31. The molecular weight excluding hydrogens is 310 g/mol. The van der Waals surface area contributed by atoms with Gasteiger partial charge in [0.25, 0.3) is 5.91 Å². The number of carbonyl (C=O) groups is 1. The number of rotatable bonds is 2. The lowest BCUT2D eigenvalue weighted by Gasteiger charge is -2.08. The van der Waals surface area contributed by atoms with Crippen LogP contribution in [0.25, 0.3) is 0 Å². The van der Waals surface area contributed by atoms with Crippen molar-refractivity contribution in [1.82, 2.24) is 4.98 Å². The van der Waals surface area contributed by atoms with Gasteiger partial charge in [0.05, 0.1) is 5.69 Å². The molecule has 0 bridgehead atoms. The van der Waals surface area contributed by atoms with Crippen LogP contribution < -0.4 is 16.5 Å². The lowest BCUT2D eigenvalue weighted by Crippen LogP contribution is -2.21. The third-order valence-corrected chi connectivity index (χ3v) is 3.23. The Bertz CT molecular complexity index is 695. The number of pyridine rings is 1. The largest absolute Gasteiger partial charge is 0.399 e. The number of nitrogens with one attached hydrogen (secondary N) is 2. The van der Waals surface area contributed by atoms with Gasteiger partial charge in [-0.05, 0) is 41.1 Å². The Kier molecular flexibility index (Phi) is 3.71. The molecule has 2 rings (SSSR count). The first-order chi connectivity index (χ1) is 8.97. The molecule has 0 saturated heterocycles. The molecule has 0 fully saturated rings. The van der Waals surface area contributed by atoms with Crippen molar-refractivity contribution in [2.24, 2.45) is 0 Å². The van der Waals surface area contributed by atoms with E-state index in [0.29, 0.717) is 21.5 Å². The first-order valence-electron chi connectivity index (χ1n) is 5.53. The molecule has 19 heavy (non-hydrogen) atoms. The molecule has 1 aromatic heterocycles. The first-order valence-corrected chi connectivity index (χ1v) is 6.32. The Morgan fingerprint density at radius 1 is 1.37 bits per heavy atom. The Labute approximate surface area is 118 Å². The van der Waals surface area contributed by atoms with E-state index in [9.17, 15) is 9.59 Å². The zero-order chi connectivity index (χ0) is 14.0. The van der Waals surface area contributed by atoms with Crippen molar-refractivity contribution in [3.05, 3.63) is 56.4 Å². The fraction of sp³-hybridized carbons (Fsp3) is 0.0769. The lowest BCUT2D eigenvalue weighted by atomic mass is 10.2. The van der Waals surface area contributed by atoms with Gasteiger partial charge in [-0.1, -0.05) is 0 Å². The number of amides is 1. The van der Waals surface area contributed by atoms with Gasteiger partial charge in [-0.25, -0.2) is 0 Å². The van der Waals surface area contributed by atoms with Crippen LogP contribution in [0.15, 0.2) is 39.7 Å². The lowest BCUT2D eigenvalue weighted by molar-refractivity contribution is 0.102. The maximum Gasteiger partial charge on any atom is 0.261 e. The second-order valence-electron chi connectivity index (χ2n) is 4.09. The van der Waals surface area contributed by atoms with Crippen LogP contribution in [0, 0.1) is 6.92 Å². The summed E-state index contributed by atoms with van der Waals surface area (Å²) in [6.45, 7) is 1.75. The number of hydrogen-bond donors (Lipinski definition) is 3. The Morgan fingerprint density at radius 2 is 2.11 bits per heavy atom. The van der Waals surface area contributed by atoms with Crippen molar-refractivity contribution >= 4 is 33.2 Å². The number of anilines is 2. The van der Waals surface area contributed by atoms with Gasteiger partial charge in [0.15, 0.2) is 5.43 Å². The number of nitrogens with two attached hydrogens (primary N) is 1. The van der Waals surface area contributed by atoms with E-state index in [1.807, 2.05) is 0 Å². The average molecular weight is 322 g/mol. The maximum atomic E-state index is 12.0. The van der Waals surface area contributed by atoms with Crippen molar-refractivity contribution in [3.8, 4) is 0 Å². The Hall–Kier alpha value is -2.08. The molecule has 0 radical (unpaired) electrons. The van der Waals surface area contributed by atoms with Crippen molar-refractivity contribution in [2.75, 3.05) is 11.1 Å². The normalized spacial score (nSPS) is 10.2. The molecule has 0 aliphatic carbocycles. The smallest absolute Gasteiger partial charge is 0.261 e. The van der Waals surface area contributed by atoms with Crippen molar-refractivity contribution in [2.45, 2.75) is 6.92 Å². The Morgan fingerprint density at radius 3 is 2.79 bits per heavy atom. The second kappa shape index (κ2) is 5.27. The van der Waals surface area contributed by atoms with E-state index in [1.54, 1.807) is 25.1 Å². The van der Waals surface area contributed by atoms with Crippen LogP contribution in [0.4, 0.5) is 11.4 Å². The molecule has 2 aromatic rings. The number of aromatic nitrogens is 1. The van der Waals surface area contributed by atoms with E-state index < -0.39 is 5.91 Å². The predicted octanol–water partition coefficient (Wildman–Crippen LogP) is 2.28. The minimum Gasteiger partial charge on any atom is -0.399 e. The first kappa shape index (κ1) is 13.4. The van der Waals surface area contributed by atoms with Crippen LogP contribution >= 0.6 is 15.9 Å². The quantitative estimate of drug-likeness (QED) is 0.741. The minimum atomic E-state index is -0.479. The summed E-state index contributed by atoms with van der Waals surface area (Å²) < 4.78 is 0.693. The van der Waals surface area contributed by atoms with E-state index >= 15 is 0 Å². The van der Waals surface area contributed by atoms with Gasteiger partial charge in [0, 0.05) is 28.1 Å². The summed E-state index contributed by atoms with van der Waals surface area (Å²) in [5.74, 6) is -0.479. The minimum absolute atomic E-state index is 0.0555. The zero-order valence-electron chi connectivity index (χ0n) is 10.2. The number of aromatic amines is 1. The number of nitrogen functional groups attached to an aromatic ring is 1. The van der Waals surface area contributed by atoms with Crippen LogP contribution in [0.5, 0.6) is 0 Å². The van der Waals surface area contributed by atoms with E-state index in [-0.39, 0.29) is 11.0 Å². The summed E-state index contributed by atoms with van der Waals surface area (Å²) in [7, 11) is 0. The van der Waals surface area contributed by atoms with Gasteiger partial charge in [0.2, 0.25) is 0 Å². The standard InChI is InChI=1S/C13H12BrN3O2/c1-7-4-12(18)9(6-16-7)13(19)17-11-5-8(15)2-3-10(11)14/h2-6H,15H2,1H3,(H,16,18)(H,17,19). The van der Waals surface area contributed by atoms with Gasteiger partial charge < -0.3 is 16.0 Å². The molecule has 6 heteroatoms. The highest BCUT2D eigenvalue weighted by Crippen LogP contribution is 2.24. The summed E-state index contributed by atoms with van der Waals surface area (Å²) in [5, 5.41) is 2.64. The van der Waals surface area contributed by atoms with Gasteiger partial charge in [-0.2, -0.15) is 0 Å². The number of hydrogen-bond acceptors (Lipinski definition) is 3. The molecule has 0 aliphatic rings. The molecule has 1 aromatic carbocycles. The maximum absolute atomic E-state index is 12.0. The fourth-order valence-electron chi connectivity index (χ4n) is 1.58. The predicted molar refractivity (Wildman–Crippen MR) is 78.3 cm³/mol. The summed E-state index contributed by atoms with van der Waals surface area (Å²) in [6, 6.07) is 6.43. The molecule has 0 spiro atoms. The molecule has 0 aliphatic heterocycles. The van der Waals surface area contributed by atoms with Crippen molar-refractivity contribution < 1.29 is 4.79 Å². The van der Waals surface area contributed by atoms with Crippen LogP contribution in [0.3, 0.4) is 0 Å². The number of benzene rings is 1. The SMILES string of the molecule is Cc1cc(=O)c(C(=O)Nc2cc(N)ccc2Br)c[nH]1. The highest BCUT2D eigenvalue weighted by Gasteiger charge is 2.12. The molecule has 1 heterocycles. The van der Waals surface area contributed by atoms with Crippen molar-refractivity contribution in [1.29, 1.82) is 0 Å². The van der Waals surface area contributed by atoms with Crippen LogP contribution in [-0.2, 0) is 0 Å². The van der Waals surface area contributed by atoms with Gasteiger partial charge in [-0.3, -0.25) is 9.59 Å². The summed E-state index contributed by atoms with van der Waals surface area (Å²) in [6.07, 6.45) is 1.40. The van der Waals surface area contributed by atoms with Gasteiger partial charge >= 0.3 is 0 Å². The summed E-state index contributed by atoms with van der Waals surface area (Å²) in [5.41, 5.74) is 7.13. The summed E-state index contributed by atoms with van der Waals surface area (Å²) in [4.78, 5) is 26.6. The van der Waals surface area contributed by atoms with Gasteiger partial charge in [-0.15, -0.1) is 0 Å². The molecule has 5 nitrogen and oxygen atoms in total. The fourth-order valence-corrected chi connectivity index (χ4v) is 1.92. The topological polar surface area (TPSA) is 88.0 Å². The van der Waals surface area contributed by atoms with E-state index in [2.05, 4.69) is 26.2 Å². The highest BCUT2D eigenvalue weighted by molar-refractivity contribution is 9.10. The molecule has 0 saturated carbocycles. The van der Waals surface area contributed by atoms with Crippen molar-refractivity contribution in [3.63, 3.8) is 0 Å². The van der Waals surface area contributed by atoms with Crippen LogP contribution in [0.1, 0.15) is 16.1 Å². The molecule has 98 valence electrons. The number of carbonyl (C=O) groups excluding carboxylic acids is 1. The van der Waals surface area contributed by atoms with Crippen LogP contribution in [0.2, 0.25) is 0 Å². The monoisotopic (exact) mass is 321 g/mol. The average Bonchev–Trinajstić information content (AvgIpc) is 2.33. The molecule has 0 unspecified atom stereocenters. The molecule has 1 amide bonds. The third-order valence-electron chi connectivity index (χ3n) is 2.54. The van der Waals surface area contributed by atoms with Gasteiger partial charge in [0.1, 0.15) is 5.56 Å². The summed E-state index contributed by atoms with van der Waals surface area (Å²) >= 11 is 3.31. The second-order valence-corrected chi connectivity index (χ2v) is 4.94. The van der Waals surface area contributed by atoms with E-state index in [4.69, 9.17) is 5.73 Å². The highest BCUT2D eigenvalue weighted by atomic mass is 79.9. The number of halogens is 1. The number of aryl methyl sites for hydroxylation is 1. The molecular formula is C13H12BrN3O2. The van der Waals surface area contributed by atoms with E-state index in [1.165, 1.54) is 12.3 Å².